The summed E-state index contributed by atoms with van der Waals surface area (Å²) in [7, 11) is -4.14. The summed E-state index contributed by atoms with van der Waals surface area (Å²) in [5.74, 6) is -0.155. The smallest absolute Gasteiger partial charge is 0.339 e. The van der Waals surface area contributed by atoms with Crippen molar-refractivity contribution in [1.29, 1.82) is 5.26 Å². The van der Waals surface area contributed by atoms with Crippen molar-refractivity contribution in [3.8, 4) is 11.8 Å². The van der Waals surface area contributed by atoms with Crippen molar-refractivity contribution < 1.29 is 17.5 Å². The second-order valence-corrected chi connectivity index (χ2v) is 5.90. The van der Waals surface area contributed by atoms with Gasteiger partial charge in [-0.05, 0) is 36.8 Å². The van der Waals surface area contributed by atoms with Gasteiger partial charge in [-0.25, -0.2) is 0 Å². The number of hydrogen-bond acceptors (Lipinski definition) is 6. The molecular formula is C14H10N2O5S. The van der Waals surface area contributed by atoms with Crippen molar-refractivity contribution >= 4 is 15.8 Å². The Morgan fingerprint density at radius 1 is 1.23 bits per heavy atom. The maximum atomic E-state index is 12.2. The van der Waals surface area contributed by atoms with Gasteiger partial charge in [-0.15, -0.1) is 0 Å². The molecule has 0 spiro atoms. The van der Waals surface area contributed by atoms with E-state index in [0.717, 1.165) is 6.07 Å². The largest absolute Gasteiger partial charge is 0.379 e. The molecule has 0 unspecified atom stereocenters. The third-order valence-electron chi connectivity index (χ3n) is 2.81. The fourth-order valence-electron chi connectivity index (χ4n) is 1.82. The average Bonchev–Trinajstić information content (AvgIpc) is 2.46. The van der Waals surface area contributed by atoms with Crippen molar-refractivity contribution in [3.63, 3.8) is 0 Å². The van der Waals surface area contributed by atoms with Crippen molar-refractivity contribution in [3.05, 3.63) is 63.7 Å². The molecule has 0 amide bonds. The molecule has 0 aromatic heterocycles. The molecular weight excluding hydrogens is 308 g/mol. The molecule has 0 aliphatic rings. The Morgan fingerprint density at radius 2 is 1.95 bits per heavy atom. The van der Waals surface area contributed by atoms with Crippen molar-refractivity contribution in [2.24, 2.45) is 0 Å². The lowest BCUT2D eigenvalue weighted by Crippen LogP contribution is -2.11. The summed E-state index contributed by atoms with van der Waals surface area (Å²) in [6.45, 7) is 1.53. The van der Waals surface area contributed by atoms with E-state index < -0.39 is 15.0 Å². The summed E-state index contributed by atoms with van der Waals surface area (Å²) in [4.78, 5) is 9.94. The number of aryl methyl sites for hydroxylation is 1. The zero-order valence-electron chi connectivity index (χ0n) is 11.4. The van der Waals surface area contributed by atoms with Gasteiger partial charge in [0.25, 0.3) is 5.69 Å². The van der Waals surface area contributed by atoms with E-state index in [1.54, 1.807) is 0 Å². The summed E-state index contributed by atoms with van der Waals surface area (Å²) in [6.07, 6.45) is 0. The molecule has 0 fully saturated rings. The minimum Gasteiger partial charge on any atom is -0.379 e. The van der Waals surface area contributed by atoms with Gasteiger partial charge >= 0.3 is 10.1 Å². The molecule has 0 aliphatic carbocycles. The first kappa shape index (κ1) is 15.5. The lowest BCUT2D eigenvalue weighted by molar-refractivity contribution is -0.384. The molecule has 2 aromatic rings. The van der Waals surface area contributed by atoms with Crippen LogP contribution in [-0.4, -0.2) is 13.3 Å². The van der Waals surface area contributed by atoms with Crippen LogP contribution in [0.2, 0.25) is 0 Å². The van der Waals surface area contributed by atoms with Gasteiger partial charge in [-0.2, -0.15) is 13.7 Å². The van der Waals surface area contributed by atoms with E-state index in [9.17, 15) is 18.5 Å². The third kappa shape index (κ3) is 3.21. The standard InChI is InChI=1S/C14H10N2O5S/c1-10-7-11(9-15)5-6-14(10)22(19,20)21-13-4-2-3-12(8-13)16(17)18/h2-8H,1H3. The van der Waals surface area contributed by atoms with Crippen LogP contribution >= 0.6 is 0 Å². The first-order valence-electron chi connectivity index (χ1n) is 6.03. The lowest BCUT2D eigenvalue weighted by atomic mass is 10.2. The Labute approximate surface area is 126 Å². The minimum atomic E-state index is -4.14. The van der Waals surface area contributed by atoms with E-state index in [2.05, 4.69) is 0 Å². The summed E-state index contributed by atoms with van der Waals surface area (Å²) in [5, 5.41) is 19.5. The summed E-state index contributed by atoms with van der Waals surface area (Å²) in [5.41, 5.74) is 0.403. The molecule has 0 radical (unpaired) electrons. The van der Waals surface area contributed by atoms with Gasteiger partial charge in [-0.1, -0.05) is 6.07 Å². The average molecular weight is 318 g/mol. The molecule has 0 atom stereocenters. The molecule has 0 N–H and O–H groups in total. The van der Waals surface area contributed by atoms with E-state index in [1.165, 1.54) is 43.3 Å². The fraction of sp³-hybridized carbons (Fsp3) is 0.0714. The molecule has 0 saturated heterocycles. The number of rotatable bonds is 4. The van der Waals surface area contributed by atoms with E-state index in [-0.39, 0.29) is 16.3 Å². The maximum Gasteiger partial charge on any atom is 0.339 e. The van der Waals surface area contributed by atoms with Crippen LogP contribution in [0.5, 0.6) is 5.75 Å². The van der Waals surface area contributed by atoms with Crippen molar-refractivity contribution in [2.75, 3.05) is 0 Å². The molecule has 112 valence electrons. The van der Waals surface area contributed by atoms with Crippen LogP contribution in [0.3, 0.4) is 0 Å². The monoisotopic (exact) mass is 318 g/mol. The van der Waals surface area contributed by atoms with Crippen LogP contribution in [0.1, 0.15) is 11.1 Å². The molecule has 7 nitrogen and oxygen atoms in total. The van der Waals surface area contributed by atoms with Crippen LogP contribution < -0.4 is 4.18 Å². The Balaban J connectivity index is 2.38. The van der Waals surface area contributed by atoms with Crippen LogP contribution in [0.4, 0.5) is 5.69 Å². The number of non-ortho nitro benzene ring substituents is 1. The Hall–Kier alpha value is -2.92. The van der Waals surface area contributed by atoms with Crippen LogP contribution in [0, 0.1) is 28.4 Å². The number of benzene rings is 2. The number of nitro benzene ring substituents is 1. The van der Waals surface area contributed by atoms with Gasteiger partial charge in [0.1, 0.15) is 10.6 Å². The first-order chi connectivity index (χ1) is 10.3. The Bertz CT molecular complexity index is 884. The Morgan fingerprint density at radius 3 is 2.55 bits per heavy atom. The van der Waals surface area contributed by atoms with Crippen LogP contribution in [0.25, 0.3) is 0 Å². The molecule has 0 saturated carbocycles. The highest BCUT2D eigenvalue weighted by Crippen LogP contribution is 2.25. The molecule has 8 heteroatoms. The van der Waals surface area contributed by atoms with Gasteiger partial charge in [-0.3, -0.25) is 10.1 Å². The highest BCUT2D eigenvalue weighted by atomic mass is 32.2. The highest BCUT2D eigenvalue weighted by molar-refractivity contribution is 7.87. The number of nitrogens with zero attached hydrogens (tertiary/aromatic N) is 2. The summed E-state index contributed by atoms with van der Waals surface area (Å²) in [6, 6.07) is 10.8. The zero-order valence-corrected chi connectivity index (χ0v) is 12.2. The van der Waals surface area contributed by atoms with Gasteiger partial charge < -0.3 is 4.18 Å². The second kappa shape index (κ2) is 5.83. The predicted molar refractivity (Wildman–Crippen MR) is 76.8 cm³/mol. The van der Waals surface area contributed by atoms with E-state index >= 15 is 0 Å². The van der Waals surface area contributed by atoms with E-state index in [4.69, 9.17) is 9.44 Å². The van der Waals surface area contributed by atoms with E-state index in [0.29, 0.717) is 11.1 Å². The first-order valence-corrected chi connectivity index (χ1v) is 7.44. The minimum absolute atomic E-state index is 0.0991. The topological polar surface area (TPSA) is 110 Å². The number of nitriles is 1. The van der Waals surface area contributed by atoms with Gasteiger partial charge in [0.2, 0.25) is 0 Å². The molecule has 2 rings (SSSR count). The van der Waals surface area contributed by atoms with Gasteiger partial charge in [0.05, 0.1) is 22.6 Å². The molecule has 22 heavy (non-hydrogen) atoms. The third-order valence-corrected chi connectivity index (χ3v) is 4.22. The SMILES string of the molecule is Cc1cc(C#N)ccc1S(=O)(=O)Oc1cccc([N+](=O)[O-])c1. The summed E-state index contributed by atoms with van der Waals surface area (Å²) >= 11 is 0. The summed E-state index contributed by atoms with van der Waals surface area (Å²) < 4.78 is 29.4. The number of hydrogen-bond donors (Lipinski definition) is 0. The zero-order chi connectivity index (χ0) is 16.3. The molecule has 2 aromatic carbocycles. The number of nitro groups is 1. The normalized spacial score (nSPS) is 10.7. The highest BCUT2D eigenvalue weighted by Gasteiger charge is 2.20. The van der Waals surface area contributed by atoms with Gasteiger partial charge in [0.15, 0.2) is 0 Å². The van der Waals surface area contributed by atoms with Gasteiger partial charge in [0, 0.05) is 6.07 Å². The lowest BCUT2D eigenvalue weighted by Gasteiger charge is -2.09. The second-order valence-electron chi connectivity index (χ2n) is 4.38. The van der Waals surface area contributed by atoms with Crippen LogP contribution in [0.15, 0.2) is 47.4 Å². The quantitative estimate of drug-likeness (QED) is 0.486. The Kier molecular flexibility index (Phi) is 4.10. The predicted octanol–water partition coefficient (Wildman–Crippen LogP) is 2.54. The molecule has 0 bridgehead atoms. The molecule has 0 heterocycles. The maximum absolute atomic E-state index is 12.2. The van der Waals surface area contributed by atoms with Crippen molar-refractivity contribution in [2.45, 2.75) is 11.8 Å². The van der Waals surface area contributed by atoms with E-state index in [1.807, 2.05) is 6.07 Å². The fourth-order valence-corrected chi connectivity index (χ4v) is 2.95. The molecule has 0 aliphatic heterocycles. The van der Waals surface area contributed by atoms with Crippen LogP contribution in [-0.2, 0) is 10.1 Å². The van der Waals surface area contributed by atoms with Crippen molar-refractivity contribution in [1.82, 2.24) is 0 Å².